The maximum Gasteiger partial charge on any atom is 0.320 e. The Labute approximate surface area is 239 Å². The summed E-state index contributed by atoms with van der Waals surface area (Å²) in [4.78, 5) is 13.7. The molecule has 4 aromatic rings. The average molecular weight is 646 g/mol. The van der Waals surface area contributed by atoms with Gasteiger partial charge in [0.2, 0.25) is 0 Å². The van der Waals surface area contributed by atoms with Crippen LogP contribution in [0, 0.1) is 25.2 Å². The van der Waals surface area contributed by atoms with Gasteiger partial charge in [-0.1, -0.05) is 19.9 Å². The number of carbonyl (C=O) groups is 1. The van der Waals surface area contributed by atoms with E-state index in [1.54, 1.807) is 22.1 Å². The quantitative estimate of drug-likeness (QED) is 0.171. The molecule has 0 saturated carbocycles. The highest BCUT2D eigenvalue weighted by molar-refractivity contribution is 14.2. The van der Waals surface area contributed by atoms with Gasteiger partial charge < -0.3 is 9.47 Å². The molecule has 5 rings (SSSR count). The van der Waals surface area contributed by atoms with Crippen molar-refractivity contribution in [3.05, 3.63) is 58.9 Å². The molecule has 10 heteroatoms. The summed E-state index contributed by atoms with van der Waals surface area (Å²) >= 11 is 2.30. The lowest BCUT2D eigenvalue weighted by Gasteiger charge is -2.38. The monoisotopic (exact) mass is 645 g/mol. The number of esters is 1. The second kappa shape index (κ2) is 12.4. The van der Waals surface area contributed by atoms with Gasteiger partial charge in [0.15, 0.2) is 5.75 Å². The first kappa shape index (κ1) is 28.3. The third-order valence-corrected chi connectivity index (χ3v) is 8.25. The fourth-order valence-electron chi connectivity index (χ4n) is 4.85. The van der Waals surface area contributed by atoms with Gasteiger partial charge in [0.05, 0.1) is 30.8 Å². The molecule has 1 aliphatic heterocycles. The van der Waals surface area contributed by atoms with Crippen molar-refractivity contribution in [2.45, 2.75) is 47.3 Å². The minimum atomic E-state index is -0.234. The molecule has 0 amide bonds. The molecule has 0 atom stereocenters. The van der Waals surface area contributed by atoms with Crippen molar-refractivity contribution >= 4 is 58.1 Å². The fourth-order valence-corrected chi connectivity index (χ4v) is 6.25. The summed E-state index contributed by atoms with van der Waals surface area (Å²) in [5, 5.41) is 16.7. The Bertz CT molecular complexity index is 1500. The van der Waals surface area contributed by atoms with Crippen LogP contribution in [-0.2, 0) is 16.1 Å². The number of carbonyl (C=O) groups excluding carboxylic acids is 1. The van der Waals surface area contributed by atoms with Crippen molar-refractivity contribution < 1.29 is 14.3 Å². The second-order valence-electron chi connectivity index (χ2n) is 9.02. The fraction of sp³-hybridized carbons (Fsp3) is 0.393. The second-order valence-corrected chi connectivity index (χ2v) is 10.7. The van der Waals surface area contributed by atoms with Gasteiger partial charge in [-0.05, 0) is 55.7 Å². The molecule has 2 aromatic heterocycles. The molecule has 0 radical (unpaired) electrons. The van der Waals surface area contributed by atoms with Crippen molar-refractivity contribution in [1.29, 1.82) is 5.26 Å². The minimum Gasteiger partial charge on any atom is -0.484 e. The van der Waals surface area contributed by atoms with E-state index in [1.165, 1.54) is 27.6 Å². The highest BCUT2D eigenvalue weighted by atomic mass is 127. The van der Waals surface area contributed by atoms with Gasteiger partial charge >= 0.3 is 5.97 Å². The number of benzene rings is 2. The summed E-state index contributed by atoms with van der Waals surface area (Å²) in [7, 11) is 1.66. The van der Waals surface area contributed by atoms with Crippen LogP contribution < -0.4 is 4.74 Å². The number of aryl methyl sites for hydroxylation is 2. The van der Waals surface area contributed by atoms with E-state index in [0.29, 0.717) is 43.1 Å². The number of hydrogen-bond donors (Lipinski definition) is 0. The standard InChI is InChI=1S/C26H26IN5O3S.C2H6/c1-4-34-23(33)15-30-12-20(13-30)35-26-18(10-28)5-6-19-11-31(29-24(19)26)14-22-16(2)9-17(3)25-21(22)7-8-32(25)36-27;1-2/h5-9,11,20H,4,12-15H2,1-3H3;1-2H3. The number of halogens is 1. The summed E-state index contributed by atoms with van der Waals surface area (Å²) in [6.07, 6.45) is 4.00. The lowest BCUT2D eigenvalue weighted by Crippen LogP contribution is -2.55. The summed E-state index contributed by atoms with van der Waals surface area (Å²) in [6, 6.07) is 10.3. The molecule has 0 N–H and O–H groups in total. The number of hydrogen-bond acceptors (Lipinski definition) is 7. The molecular formula is C28H32IN5O3S. The van der Waals surface area contributed by atoms with Crippen LogP contribution >= 0.6 is 30.3 Å². The zero-order chi connectivity index (χ0) is 27.4. The molecule has 0 bridgehead atoms. The summed E-state index contributed by atoms with van der Waals surface area (Å²) < 4.78 is 15.4. The zero-order valence-electron chi connectivity index (χ0n) is 22.3. The van der Waals surface area contributed by atoms with Gasteiger partial charge in [-0.15, -0.1) is 0 Å². The summed E-state index contributed by atoms with van der Waals surface area (Å²) in [5.41, 5.74) is 6.06. The van der Waals surface area contributed by atoms with Crippen molar-refractivity contribution in [2.75, 3.05) is 26.2 Å². The third kappa shape index (κ3) is 5.65. The van der Waals surface area contributed by atoms with Crippen LogP contribution in [0.15, 0.2) is 36.7 Å². The highest BCUT2D eigenvalue weighted by Gasteiger charge is 2.31. The Morgan fingerprint density at radius 2 is 2.00 bits per heavy atom. The Hall–Kier alpha value is -2.75. The van der Waals surface area contributed by atoms with Gasteiger partial charge in [0, 0.05) is 66.6 Å². The maximum atomic E-state index is 11.7. The van der Waals surface area contributed by atoms with Crippen LogP contribution in [0.2, 0.25) is 0 Å². The smallest absolute Gasteiger partial charge is 0.320 e. The molecule has 0 unspecified atom stereocenters. The van der Waals surface area contributed by atoms with Crippen LogP contribution in [0.1, 0.15) is 43.0 Å². The van der Waals surface area contributed by atoms with Gasteiger partial charge in [-0.3, -0.25) is 18.3 Å². The predicted molar refractivity (Wildman–Crippen MR) is 161 cm³/mol. The number of likely N-dealkylation sites (tertiary alicyclic amines) is 1. The average Bonchev–Trinajstić information content (AvgIpc) is 3.51. The van der Waals surface area contributed by atoms with E-state index in [1.807, 2.05) is 35.7 Å². The number of ether oxygens (including phenoxy) is 2. The van der Waals surface area contributed by atoms with E-state index in [4.69, 9.17) is 14.6 Å². The van der Waals surface area contributed by atoms with Crippen LogP contribution in [0.5, 0.6) is 5.75 Å². The molecule has 2 aromatic carbocycles. The summed E-state index contributed by atoms with van der Waals surface area (Å²) in [5.74, 6) is 0.273. The Morgan fingerprint density at radius 1 is 1.24 bits per heavy atom. The SMILES string of the molecule is CC.CCOC(=O)CN1CC(Oc2c(C#N)ccc3cn(Cc4c(C)cc(C)c5c4ccn5SI)nc23)C1. The van der Waals surface area contributed by atoms with Crippen molar-refractivity contribution in [3.8, 4) is 11.8 Å². The van der Waals surface area contributed by atoms with E-state index >= 15 is 0 Å². The van der Waals surface area contributed by atoms with Gasteiger partial charge in [-0.2, -0.15) is 10.4 Å². The molecule has 8 nitrogen and oxygen atoms in total. The minimum absolute atomic E-state index is 0.105. The Morgan fingerprint density at radius 3 is 2.68 bits per heavy atom. The normalized spacial score (nSPS) is 13.6. The van der Waals surface area contributed by atoms with Crippen molar-refractivity contribution in [3.63, 3.8) is 0 Å². The Kier molecular flexibility index (Phi) is 9.23. The predicted octanol–water partition coefficient (Wildman–Crippen LogP) is 6.03. The van der Waals surface area contributed by atoms with Gasteiger partial charge in [0.1, 0.15) is 17.7 Å². The number of rotatable bonds is 8. The first-order valence-corrected chi connectivity index (χ1v) is 16.1. The van der Waals surface area contributed by atoms with Crippen LogP contribution in [0.3, 0.4) is 0 Å². The van der Waals surface area contributed by atoms with Gasteiger partial charge in [0.25, 0.3) is 0 Å². The van der Waals surface area contributed by atoms with E-state index < -0.39 is 0 Å². The lowest BCUT2D eigenvalue weighted by molar-refractivity contribution is -0.146. The molecule has 0 spiro atoms. The molecule has 1 saturated heterocycles. The van der Waals surface area contributed by atoms with E-state index in [2.05, 4.69) is 63.4 Å². The number of nitrogens with zero attached hydrogens (tertiary/aromatic N) is 5. The Balaban J connectivity index is 0.00000164. The van der Waals surface area contributed by atoms with Crippen LogP contribution in [0.25, 0.3) is 21.8 Å². The van der Waals surface area contributed by atoms with Gasteiger partial charge in [-0.25, -0.2) is 0 Å². The first-order chi connectivity index (χ1) is 18.4. The van der Waals surface area contributed by atoms with E-state index in [-0.39, 0.29) is 18.6 Å². The molecule has 200 valence electrons. The van der Waals surface area contributed by atoms with Crippen LogP contribution in [0.4, 0.5) is 0 Å². The van der Waals surface area contributed by atoms with E-state index in [0.717, 1.165) is 5.39 Å². The molecule has 1 aliphatic rings. The summed E-state index contributed by atoms with van der Waals surface area (Å²) in [6.45, 7) is 12.5. The number of nitriles is 1. The maximum absolute atomic E-state index is 11.7. The highest BCUT2D eigenvalue weighted by Crippen LogP contribution is 2.34. The van der Waals surface area contributed by atoms with Crippen molar-refractivity contribution in [2.24, 2.45) is 0 Å². The molecule has 0 aliphatic carbocycles. The largest absolute Gasteiger partial charge is 0.484 e. The van der Waals surface area contributed by atoms with E-state index in [9.17, 15) is 10.1 Å². The van der Waals surface area contributed by atoms with Crippen molar-refractivity contribution in [1.82, 2.24) is 18.7 Å². The third-order valence-electron chi connectivity index (χ3n) is 6.52. The number of aromatic nitrogens is 3. The molecule has 3 heterocycles. The molecular weight excluding hydrogens is 613 g/mol. The molecule has 1 fully saturated rings. The number of fused-ring (bicyclic) bond motifs is 2. The molecule has 38 heavy (non-hydrogen) atoms. The topological polar surface area (TPSA) is 85.3 Å². The van der Waals surface area contributed by atoms with Crippen LogP contribution in [-0.4, -0.2) is 57.0 Å². The lowest BCUT2D eigenvalue weighted by atomic mass is 10.0. The first-order valence-electron chi connectivity index (χ1n) is 12.8. The zero-order valence-corrected chi connectivity index (χ0v) is 25.3.